The summed E-state index contributed by atoms with van der Waals surface area (Å²) in [6, 6.07) is 7.89. The van der Waals surface area contributed by atoms with Crippen molar-refractivity contribution < 1.29 is 8.42 Å². The van der Waals surface area contributed by atoms with Crippen LogP contribution in [0.25, 0.3) is 0 Å². The zero-order valence-corrected chi connectivity index (χ0v) is 9.55. The summed E-state index contributed by atoms with van der Waals surface area (Å²) < 4.78 is 24.4. The fourth-order valence-electron chi connectivity index (χ4n) is 1.31. The predicted octanol–water partition coefficient (Wildman–Crippen LogP) is 0.474. The summed E-state index contributed by atoms with van der Waals surface area (Å²) in [5.41, 5.74) is 10.9. The second-order valence-electron chi connectivity index (χ2n) is 3.31. The number of anilines is 2. The van der Waals surface area contributed by atoms with Crippen LogP contribution in [0.3, 0.4) is 0 Å². The van der Waals surface area contributed by atoms with E-state index in [0.29, 0.717) is 0 Å². The lowest BCUT2D eigenvalue weighted by molar-refractivity contribution is 0.592. The van der Waals surface area contributed by atoms with Gasteiger partial charge in [-0.15, -0.1) is 0 Å². The van der Waals surface area contributed by atoms with Crippen molar-refractivity contribution in [2.75, 3.05) is 11.5 Å². The Morgan fingerprint density at radius 3 is 2.35 bits per heavy atom. The van der Waals surface area contributed by atoms with Gasteiger partial charge in [-0.2, -0.15) is 4.98 Å². The maximum atomic E-state index is 12.2. The number of hydrogen-bond donors (Lipinski definition) is 2. The predicted molar refractivity (Wildman–Crippen MR) is 62.8 cm³/mol. The summed E-state index contributed by atoms with van der Waals surface area (Å²) in [6.07, 6.45) is 1.18. The third-order valence-corrected chi connectivity index (χ3v) is 3.84. The molecule has 0 aliphatic heterocycles. The SMILES string of the molecule is Nc1ncc(N)c(S(=O)(=O)c2ccccc2)n1. The molecule has 0 aliphatic rings. The van der Waals surface area contributed by atoms with Gasteiger partial charge in [0.05, 0.1) is 16.8 Å². The van der Waals surface area contributed by atoms with Crippen molar-refractivity contribution in [3.05, 3.63) is 36.5 Å². The van der Waals surface area contributed by atoms with E-state index in [1.165, 1.54) is 18.3 Å². The van der Waals surface area contributed by atoms with Gasteiger partial charge in [-0.05, 0) is 12.1 Å². The van der Waals surface area contributed by atoms with Gasteiger partial charge in [0.15, 0.2) is 5.03 Å². The number of hydrogen-bond acceptors (Lipinski definition) is 6. The van der Waals surface area contributed by atoms with E-state index in [4.69, 9.17) is 11.5 Å². The van der Waals surface area contributed by atoms with Crippen molar-refractivity contribution in [2.45, 2.75) is 9.92 Å². The van der Waals surface area contributed by atoms with Crippen LogP contribution in [0.5, 0.6) is 0 Å². The Balaban J connectivity index is 2.64. The van der Waals surface area contributed by atoms with Crippen LogP contribution < -0.4 is 11.5 Å². The average Bonchev–Trinajstić information content (AvgIpc) is 2.33. The lowest BCUT2D eigenvalue weighted by Crippen LogP contribution is -2.10. The molecule has 1 aromatic carbocycles. The van der Waals surface area contributed by atoms with Crippen LogP contribution in [-0.4, -0.2) is 18.4 Å². The van der Waals surface area contributed by atoms with E-state index in [2.05, 4.69) is 9.97 Å². The third kappa shape index (κ3) is 2.04. The Kier molecular flexibility index (Phi) is 2.68. The summed E-state index contributed by atoms with van der Waals surface area (Å²) in [7, 11) is -3.75. The number of aromatic nitrogens is 2. The highest BCUT2D eigenvalue weighted by Crippen LogP contribution is 2.23. The summed E-state index contributed by atoms with van der Waals surface area (Å²) in [4.78, 5) is 7.41. The topological polar surface area (TPSA) is 112 Å². The smallest absolute Gasteiger partial charge is 0.226 e. The van der Waals surface area contributed by atoms with Crippen molar-refractivity contribution in [1.29, 1.82) is 0 Å². The van der Waals surface area contributed by atoms with Crippen molar-refractivity contribution in [3.8, 4) is 0 Å². The van der Waals surface area contributed by atoms with Gasteiger partial charge >= 0.3 is 0 Å². The molecule has 1 heterocycles. The Morgan fingerprint density at radius 1 is 1.06 bits per heavy atom. The number of sulfone groups is 1. The fraction of sp³-hybridized carbons (Fsp3) is 0. The van der Waals surface area contributed by atoms with E-state index in [-0.39, 0.29) is 21.6 Å². The lowest BCUT2D eigenvalue weighted by Gasteiger charge is -2.06. The van der Waals surface area contributed by atoms with E-state index in [1.54, 1.807) is 18.2 Å². The monoisotopic (exact) mass is 250 g/mol. The molecule has 0 saturated heterocycles. The molecule has 1 aromatic heterocycles. The molecule has 0 unspecified atom stereocenters. The van der Waals surface area contributed by atoms with E-state index in [9.17, 15) is 8.42 Å². The van der Waals surface area contributed by atoms with Crippen molar-refractivity contribution in [3.63, 3.8) is 0 Å². The highest BCUT2D eigenvalue weighted by Gasteiger charge is 2.22. The minimum absolute atomic E-state index is 0.0250. The van der Waals surface area contributed by atoms with Crippen molar-refractivity contribution in [2.24, 2.45) is 0 Å². The first kappa shape index (κ1) is 11.3. The van der Waals surface area contributed by atoms with Gasteiger partial charge in [-0.3, -0.25) is 0 Å². The van der Waals surface area contributed by atoms with Crippen LogP contribution in [-0.2, 0) is 9.84 Å². The van der Waals surface area contributed by atoms with Crippen molar-refractivity contribution in [1.82, 2.24) is 9.97 Å². The second kappa shape index (κ2) is 4.02. The van der Waals surface area contributed by atoms with Crippen LogP contribution in [0.2, 0.25) is 0 Å². The minimum Gasteiger partial charge on any atom is -0.395 e. The maximum Gasteiger partial charge on any atom is 0.226 e. The standard InChI is InChI=1S/C10H10N4O2S/c11-8-6-13-10(12)14-9(8)17(15,16)7-4-2-1-3-5-7/h1-6H,11H2,(H2,12,13,14). The molecule has 0 aliphatic carbocycles. The van der Waals surface area contributed by atoms with Crippen LogP contribution in [0.4, 0.5) is 11.6 Å². The largest absolute Gasteiger partial charge is 0.395 e. The molecule has 0 fully saturated rings. The van der Waals surface area contributed by atoms with E-state index < -0.39 is 9.84 Å². The fourth-order valence-corrected chi connectivity index (χ4v) is 2.63. The first-order chi connectivity index (χ1) is 8.01. The Bertz CT molecular complexity index is 641. The molecule has 2 rings (SSSR count). The highest BCUT2D eigenvalue weighted by molar-refractivity contribution is 7.91. The second-order valence-corrected chi connectivity index (χ2v) is 5.17. The van der Waals surface area contributed by atoms with E-state index in [1.807, 2.05) is 0 Å². The maximum absolute atomic E-state index is 12.2. The van der Waals surface area contributed by atoms with Gasteiger partial charge in [0.2, 0.25) is 15.8 Å². The molecule has 0 radical (unpaired) electrons. The summed E-state index contributed by atoms with van der Waals surface area (Å²) in [5.74, 6) is -0.131. The minimum atomic E-state index is -3.75. The molecule has 6 nitrogen and oxygen atoms in total. The van der Waals surface area contributed by atoms with Crippen LogP contribution in [0.1, 0.15) is 0 Å². The molecule has 88 valence electrons. The quantitative estimate of drug-likeness (QED) is 0.749. The molecule has 2 aromatic rings. The molecule has 17 heavy (non-hydrogen) atoms. The molecule has 0 amide bonds. The van der Waals surface area contributed by atoms with Crippen LogP contribution in [0.15, 0.2) is 46.5 Å². The summed E-state index contributed by atoms with van der Waals surface area (Å²) in [6.45, 7) is 0. The molecular weight excluding hydrogens is 240 g/mol. The molecule has 0 atom stereocenters. The first-order valence-electron chi connectivity index (χ1n) is 4.70. The zero-order valence-electron chi connectivity index (χ0n) is 8.74. The van der Waals surface area contributed by atoms with Gasteiger partial charge < -0.3 is 11.5 Å². The first-order valence-corrected chi connectivity index (χ1v) is 6.18. The average molecular weight is 250 g/mol. The molecule has 0 saturated carbocycles. The Morgan fingerprint density at radius 2 is 1.71 bits per heavy atom. The number of benzene rings is 1. The molecule has 4 N–H and O–H groups in total. The van der Waals surface area contributed by atoms with Crippen molar-refractivity contribution >= 4 is 21.5 Å². The lowest BCUT2D eigenvalue weighted by atomic mass is 10.4. The zero-order chi connectivity index (χ0) is 12.5. The Labute approximate surface area is 98.2 Å². The van der Waals surface area contributed by atoms with E-state index >= 15 is 0 Å². The van der Waals surface area contributed by atoms with Gasteiger partial charge in [0.1, 0.15) is 0 Å². The van der Waals surface area contributed by atoms with Gasteiger partial charge in [-0.1, -0.05) is 18.2 Å². The van der Waals surface area contributed by atoms with Crippen LogP contribution >= 0.6 is 0 Å². The van der Waals surface area contributed by atoms with E-state index in [0.717, 1.165) is 0 Å². The molecular formula is C10H10N4O2S. The molecule has 7 heteroatoms. The summed E-state index contributed by atoms with van der Waals surface area (Å²) in [5, 5.41) is -0.267. The molecule has 0 bridgehead atoms. The van der Waals surface area contributed by atoms with Gasteiger partial charge in [0.25, 0.3) is 0 Å². The summed E-state index contributed by atoms with van der Waals surface area (Å²) >= 11 is 0. The number of nitrogen functional groups attached to an aromatic ring is 2. The normalized spacial score (nSPS) is 11.3. The van der Waals surface area contributed by atoms with Gasteiger partial charge in [-0.25, -0.2) is 13.4 Å². The van der Waals surface area contributed by atoms with Gasteiger partial charge in [0, 0.05) is 0 Å². The third-order valence-electron chi connectivity index (χ3n) is 2.11. The number of nitrogens with two attached hydrogens (primary N) is 2. The number of rotatable bonds is 2. The molecule has 0 spiro atoms. The van der Waals surface area contributed by atoms with Crippen LogP contribution in [0, 0.1) is 0 Å². The highest BCUT2D eigenvalue weighted by atomic mass is 32.2. The number of nitrogens with zero attached hydrogens (tertiary/aromatic N) is 2. The Hall–Kier alpha value is -2.15.